The fourth-order valence-electron chi connectivity index (χ4n) is 4.31. The topological polar surface area (TPSA) is 25.8 Å². The highest BCUT2D eigenvalue weighted by molar-refractivity contribution is 6.37. The van der Waals surface area contributed by atoms with Crippen molar-refractivity contribution in [1.82, 2.24) is 9.97 Å². The molecule has 120 valence electrons. The fourth-order valence-corrected chi connectivity index (χ4v) is 4.81. The van der Waals surface area contributed by atoms with Gasteiger partial charge in [0.25, 0.3) is 0 Å². The molecule has 3 unspecified atom stereocenters. The summed E-state index contributed by atoms with van der Waals surface area (Å²) in [6, 6.07) is 12.5. The molecule has 0 saturated heterocycles. The van der Waals surface area contributed by atoms with Crippen LogP contribution in [-0.4, -0.2) is 9.97 Å². The zero-order valence-corrected chi connectivity index (χ0v) is 14.8. The number of hydrogen-bond donors (Lipinski definition) is 0. The Morgan fingerprint density at radius 3 is 2.71 bits per heavy atom. The molecule has 2 aliphatic rings. The molecule has 1 aromatic carbocycles. The third-order valence-electron chi connectivity index (χ3n) is 5.79. The second kappa shape index (κ2) is 4.93. The van der Waals surface area contributed by atoms with Gasteiger partial charge in [-0.25, -0.2) is 4.98 Å². The van der Waals surface area contributed by atoms with Crippen molar-refractivity contribution in [3.05, 3.63) is 69.6 Å². The van der Waals surface area contributed by atoms with Crippen LogP contribution in [-0.2, 0) is 0 Å². The van der Waals surface area contributed by atoms with Crippen LogP contribution in [0.1, 0.15) is 41.5 Å². The summed E-state index contributed by atoms with van der Waals surface area (Å²) in [7, 11) is 0. The molecule has 2 fully saturated rings. The Hall–Kier alpha value is -1.64. The Morgan fingerprint density at radius 1 is 1.08 bits per heavy atom. The SMILES string of the molecule is Cc1ccccc1C1CC12CC2c1cc2nc(Cl)cc(Cl)c2cn1. The molecule has 2 saturated carbocycles. The second-order valence-corrected chi connectivity index (χ2v) is 7.95. The zero-order chi connectivity index (χ0) is 16.5. The van der Waals surface area contributed by atoms with Crippen LogP contribution in [0.4, 0.5) is 0 Å². The Balaban J connectivity index is 1.48. The number of rotatable bonds is 2. The van der Waals surface area contributed by atoms with Crippen LogP contribution in [0.15, 0.2) is 42.6 Å². The van der Waals surface area contributed by atoms with E-state index in [9.17, 15) is 0 Å². The van der Waals surface area contributed by atoms with E-state index in [0.29, 0.717) is 27.4 Å². The molecule has 2 aromatic heterocycles. The van der Waals surface area contributed by atoms with Crippen LogP contribution < -0.4 is 0 Å². The second-order valence-electron chi connectivity index (χ2n) is 7.16. The van der Waals surface area contributed by atoms with E-state index in [1.807, 2.05) is 6.20 Å². The van der Waals surface area contributed by atoms with Crippen molar-refractivity contribution in [3.63, 3.8) is 0 Å². The van der Waals surface area contributed by atoms with Gasteiger partial charge in [-0.2, -0.15) is 0 Å². The average Bonchev–Trinajstić information content (AvgIpc) is 3.45. The van der Waals surface area contributed by atoms with E-state index in [2.05, 4.69) is 47.2 Å². The average molecular weight is 355 g/mol. The highest BCUT2D eigenvalue weighted by Crippen LogP contribution is 2.81. The molecular formula is C20H16Cl2N2. The molecule has 3 atom stereocenters. The predicted molar refractivity (Wildman–Crippen MR) is 97.9 cm³/mol. The highest BCUT2D eigenvalue weighted by atomic mass is 35.5. The van der Waals surface area contributed by atoms with Gasteiger partial charge in [0.2, 0.25) is 0 Å². The van der Waals surface area contributed by atoms with Crippen molar-refractivity contribution in [2.24, 2.45) is 5.41 Å². The molecule has 24 heavy (non-hydrogen) atoms. The normalized spacial score (nSPS) is 27.6. The Kier molecular flexibility index (Phi) is 3.02. The summed E-state index contributed by atoms with van der Waals surface area (Å²) in [5, 5.41) is 1.91. The van der Waals surface area contributed by atoms with Crippen molar-refractivity contribution in [2.75, 3.05) is 0 Å². The standard InChI is InChI=1S/C20H16Cl2N2/c1-11-4-2-3-5-12(11)14-8-20(14)9-15(20)18-7-17-13(10-23-18)16(21)6-19(22)24-17/h2-7,10,14-15H,8-9H2,1H3. The van der Waals surface area contributed by atoms with Crippen LogP contribution in [0.3, 0.4) is 0 Å². The first-order chi connectivity index (χ1) is 11.6. The molecule has 5 rings (SSSR count). The van der Waals surface area contributed by atoms with Crippen molar-refractivity contribution in [3.8, 4) is 0 Å². The van der Waals surface area contributed by atoms with E-state index >= 15 is 0 Å². The lowest BCUT2D eigenvalue weighted by atomic mass is 10.0. The Bertz CT molecular complexity index is 985. The molecular weight excluding hydrogens is 339 g/mol. The summed E-state index contributed by atoms with van der Waals surface area (Å²) in [4.78, 5) is 9.09. The quantitative estimate of drug-likeness (QED) is 0.534. The van der Waals surface area contributed by atoms with Gasteiger partial charge in [-0.05, 0) is 54.4 Å². The van der Waals surface area contributed by atoms with Crippen molar-refractivity contribution in [2.45, 2.75) is 31.6 Å². The van der Waals surface area contributed by atoms with Gasteiger partial charge < -0.3 is 0 Å². The van der Waals surface area contributed by atoms with Gasteiger partial charge in [-0.15, -0.1) is 0 Å². The summed E-state index contributed by atoms with van der Waals surface area (Å²) in [5.74, 6) is 1.21. The van der Waals surface area contributed by atoms with E-state index in [0.717, 1.165) is 16.6 Å². The molecule has 0 radical (unpaired) electrons. The number of nitrogens with zero attached hydrogens (tertiary/aromatic N) is 2. The monoisotopic (exact) mass is 354 g/mol. The van der Waals surface area contributed by atoms with Crippen molar-refractivity contribution < 1.29 is 0 Å². The van der Waals surface area contributed by atoms with Crippen LogP contribution >= 0.6 is 23.2 Å². The molecule has 3 aromatic rings. The molecule has 1 spiro atoms. The summed E-state index contributed by atoms with van der Waals surface area (Å²) in [6.07, 6.45) is 4.33. The summed E-state index contributed by atoms with van der Waals surface area (Å²) in [6.45, 7) is 2.21. The van der Waals surface area contributed by atoms with Gasteiger partial charge in [-0.3, -0.25) is 4.98 Å². The van der Waals surface area contributed by atoms with Gasteiger partial charge in [0.05, 0.1) is 10.5 Å². The largest absolute Gasteiger partial charge is 0.260 e. The lowest BCUT2D eigenvalue weighted by Crippen LogP contribution is -1.93. The molecule has 0 amide bonds. The fraction of sp³-hybridized carbons (Fsp3) is 0.300. The molecule has 2 nitrogen and oxygen atoms in total. The van der Waals surface area contributed by atoms with Crippen LogP contribution in [0.5, 0.6) is 0 Å². The number of aryl methyl sites for hydroxylation is 1. The number of halogens is 2. The van der Waals surface area contributed by atoms with Gasteiger partial charge in [-0.1, -0.05) is 47.5 Å². The Labute approximate surface area is 150 Å². The maximum atomic E-state index is 6.23. The summed E-state index contributed by atoms with van der Waals surface area (Å²) >= 11 is 12.3. The van der Waals surface area contributed by atoms with Crippen LogP contribution in [0.25, 0.3) is 10.9 Å². The molecule has 0 aliphatic heterocycles. The summed E-state index contributed by atoms with van der Waals surface area (Å²) < 4.78 is 0. The molecule has 2 heterocycles. The minimum Gasteiger partial charge on any atom is -0.260 e. The lowest BCUT2D eigenvalue weighted by molar-refractivity contribution is 0.778. The number of hydrogen-bond acceptors (Lipinski definition) is 2. The highest BCUT2D eigenvalue weighted by Gasteiger charge is 2.71. The first kappa shape index (κ1) is 14.7. The van der Waals surface area contributed by atoms with E-state index in [1.165, 1.54) is 24.0 Å². The minimum absolute atomic E-state index is 0.426. The number of aromatic nitrogens is 2. The third kappa shape index (κ3) is 2.09. The van der Waals surface area contributed by atoms with Crippen molar-refractivity contribution >= 4 is 34.1 Å². The van der Waals surface area contributed by atoms with Gasteiger partial charge in [0, 0.05) is 23.2 Å². The minimum atomic E-state index is 0.426. The van der Waals surface area contributed by atoms with E-state index in [-0.39, 0.29) is 0 Å². The van der Waals surface area contributed by atoms with E-state index < -0.39 is 0 Å². The lowest BCUT2D eigenvalue weighted by Gasteiger charge is -2.06. The third-order valence-corrected chi connectivity index (χ3v) is 6.30. The van der Waals surface area contributed by atoms with Gasteiger partial charge in [0.15, 0.2) is 0 Å². The maximum Gasteiger partial charge on any atom is 0.131 e. The molecule has 4 heteroatoms. The maximum absolute atomic E-state index is 6.23. The number of benzene rings is 1. The van der Waals surface area contributed by atoms with Crippen LogP contribution in [0.2, 0.25) is 10.2 Å². The number of fused-ring (bicyclic) bond motifs is 1. The smallest absolute Gasteiger partial charge is 0.131 e. The van der Waals surface area contributed by atoms with Gasteiger partial charge in [0.1, 0.15) is 5.15 Å². The number of pyridine rings is 2. The molecule has 0 N–H and O–H groups in total. The molecule has 2 aliphatic carbocycles. The van der Waals surface area contributed by atoms with E-state index in [4.69, 9.17) is 23.2 Å². The molecule has 0 bridgehead atoms. The first-order valence-electron chi connectivity index (χ1n) is 8.26. The van der Waals surface area contributed by atoms with E-state index in [1.54, 1.807) is 6.07 Å². The van der Waals surface area contributed by atoms with Crippen molar-refractivity contribution in [1.29, 1.82) is 0 Å². The first-order valence-corrected chi connectivity index (χ1v) is 9.01. The Morgan fingerprint density at radius 2 is 1.88 bits per heavy atom. The van der Waals surface area contributed by atoms with Crippen LogP contribution in [0, 0.1) is 12.3 Å². The summed E-state index contributed by atoms with van der Waals surface area (Å²) in [5.41, 5.74) is 5.30. The van der Waals surface area contributed by atoms with Gasteiger partial charge >= 0.3 is 0 Å². The zero-order valence-electron chi connectivity index (χ0n) is 13.3. The predicted octanol–water partition coefficient (Wildman–Crippen LogP) is 5.91.